The summed E-state index contributed by atoms with van der Waals surface area (Å²) in [4.78, 5) is 19.6. The molecule has 5 nitrogen and oxygen atoms in total. The lowest BCUT2D eigenvalue weighted by Crippen LogP contribution is -2.52. The van der Waals surface area contributed by atoms with Gasteiger partial charge in [0.15, 0.2) is 6.10 Å². The molecule has 0 N–H and O–H groups in total. The second kappa shape index (κ2) is 9.01. The normalized spacial score (nSPS) is 27.8. The monoisotopic (exact) mass is 435 g/mol. The zero-order valence-electron chi connectivity index (χ0n) is 18.0. The predicted molar refractivity (Wildman–Crippen MR) is 119 cm³/mol. The highest BCUT2D eigenvalue weighted by Crippen LogP contribution is 2.37. The molecule has 1 saturated carbocycles. The fourth-order valence-electron chi connectivity index (χ4n) is 4.97. The Morgan fingerprint density at radius 2 is 1.94 bits per heavy atom. The highest BCUT2D eigenvalue weighted by molar-refractivity contribution is 5.82. The molecule has 6 heteroatoms. The first-order valence-electron chi connectivity index (χ1n) is 11.4. The van der Waals surface area contributed by atoms with Crippen LogP contribution in [-0.4, -0.2) is 48.3 Å². The lowest BCUT2D eigenvalue weighted by Gasteiger charge is -2.40. The first kappa shape index (κ1) is 21.1. The van der Waals surface area contributed by atoms with E-state index < -0.39 is 6.10 Å². The molecule has 1 saturated heterocycles. The topological polar surface area (TPSA) is 43.1 Å². The zero-order chi connectivity index (χ0) is 22.1. The van der Waals surface area contributed by atoms with Crippen molar-refractivity contribution in [2.45, 2.75) is 62.5 Å². The Labute approximate surface area is 187 Å². The molecule has 2 aromatic rings. The molecular weight excluding hydrogens is 407 g/mol. The average Bonchev–Trinajstić information content (AvgIpc) is 2.81. The van der Waals surface area contributed by atoms with Gasteiger partial charge in [0.1, 0.15) is 11.9 Å². The van der Waals surface area contributed by atoms with Gasteiger partial charge in [0, 0.05) is 6.54 Å². The van der Waals surface area contributed by atoms with Crippen molar-refractivity contribution in [1.82, 2.24) is 4.90 Å². The van der Waals surface area contributed by atoms with Crippen LogP contribution in [-0.2, 0) is 20.7 Å². The lowest BCUT2D eigenvalue weighted by atomic mass is 9.87. The van der Waals surface area contributed by atoms with E-state index in [0.29, 0.717) is 19.6 Å². The molecule has 0 aromatic heterocycles. The maximum absolute atomic E-state index is 13.7. The molecule has 0 radical (unpaired) electrons. The molecule has 0 bridgehead atoms. The highest BCUT2D eigenvalue weighted by atomic mass is 19.1. The molecule has 2 fully saturated rings. The number of hydrogen-bond donors (Lipinski definition) is 0. The number of fused-ring (bicyclic) bond motifs is 1. The van der Waals surface area contributed by atoms with Crippen molar-refractivity contribution < 1.29 is 18.7 Å². The van der Waals surface area contributed by atoms with Crippen molar-refractivity contribution in [3.05, 3.63) is 75.9 Å². The third-order valence-electron chi connectivity index (χ3n) is 6.98. The Balaban J connectivity index is 1.38. The first-order valence-corrected chi connectivity index (χ1v) is 11.4. The number of nitrogens with zero attached hydrogens (tertiary/aromatic N) is 2. The molecule has 2 aromatic carbocycles. The fraction of sp³-hybridized carbons (Fsp3) is 0.462. The smallest absolute Gasteiger partial charge is 0.302 e. The van der Waals surface area contributed by atoms with Crippen molar-refractivity contribution in [2.75, 3.05) is 13.2 Å². The van der Waals surface area contributed by atoms with Gasteiger partial charge in [-0.2, -0.15) is 0 Å². The van der Waals surface area contributed by atoms with Gasteiger partial charge in [-0.3, -0.25) is 4.79 Å². The van der Waals surface area contributed by atoms with E-state index in [-0.39, 0.29) is 36.0 Å². The minimum Gasteiger partial charge on any atom is -0.365 e. The third kappa shape index (κ3) is 4.03. The molecule has 5 rings (SSSR count). The molecule has 4 atom stereocenters. The van der Waals surface area contributed by atoms with Gasteiger partial charge in [0.05, 0.1) is 25.2 Å². The van der Waals surface area contributed by atoms with Crippen molar-refractivity contribution >= 4 is 5.91 Å². The van der Waals surface area contributed by atoms with Crippen LogP contribution >= 0.6 is 0 Å². The molecule has 166 valence electrons. The van der Waals surface area contributed by atoms with Gasteiger partial charge in [-0.1, -0.05) is 41.2 Å². The average molecular weight is 436 g/mol. The van der Waals surface area contributed by atoms with Crippen LogP contribution in [0.1, 0.15) is 48.4 Å². The number of carbonyl (C=O) groups is 1. The summed E-state index contributed by atoms with van der Waals surface area (Å²) in [7, 11) is 0. The van der Waals surface area contributed by atoms with Crippen molar-refractivity contribution in [2.24, 2.45) is 0 Å². The molecule has 2 heterocycles. The molecule has 0 spiro atoms. The fourth-order valence-corrected chi connectivity index (χ4v) is 4.97. The summed E-state index contributed by atoms with van der Waals surface area (Å²) in [5, 5.41) is 0. The summed E-state index contributed by atoms with van der Waals surface area (Å²) in [6.07, 6.45) is 3.90. The van der Waals surface area contributed by atoms with Crippen LogP contribution < -0.4 is 0 Å². The van der Waals surface area contributed by atoms with E-state index >= 15 is 0 Å². The molecule has 1 amide bonds. The maximum Gasteiger partial charge on any atom is 0.302 e. The molecule has 3 aliphatic rings. The van der Waals surface area contributed by atoms with Crippen LogP contribution in [0.5, 0.6) is 0 Å². The van der Waals surface area contributed by atoms with Crippen LogP contribution in [0.3, 0.4) is 0 Å². The highest BCUT2D eigenvalue weighted by Gasteiger charge is 2.45. The molecule has 0 unspecified atom stereocenters. The Kier molecular flexibility index (Phi) is 5.95. The standard InChI is InChI=1S/C26H28FN2O3/c1-28-22-15-23(31-16-24(22)32-20-6-4-7-20)26(30)29-14-13-17-5-2-3-8-21(17)25(29)18-9-11-19(27)12-10-18/h1-3,5,8-12,20,22-25H,4,6-7,13-16H2/q+1/t22-,23+,24-,25-/m0/s1. The largest absolute Gasteiger partial charge is 0.365 e. The summed E-state index contributed by atoms with van der Waals surface area (Å²) in [5.41, 5.74) is 3.16. The quantitative estimate of drug-likeness (QED) is 0.717. The summed E-state index contributed by atoms with van der Waals surface area (Å²) in [6, 6.07) is 14.0. The first-order chi connectivity index (χ1) is 15.6. The van der Waals surface area contributed by atoms with Gasteiger partial charge >= 0.3 is 6.04 Å². The van der Waals surface area contributed by atoms with Crippen LogP contribution in [0.2, 0.25) is 0 Å². The second-order valence-electron chi connectivity index (χ2n) is 8.94. The minimum absolute atomic E-state index is 0.0791. The third-order valence-corrected chi connectivity index (χ3v) is 6.98. The number of ether oxygens (including phenoxy) is 2. The van der Waals surface area contributed by atoms with E-state index in [0.717, 1.165) is 30.4 Å². The van der Waals surface area contributed by atoms with Crippen molar-refractivity contribution in [3.8, 4) is 6.57 Å². The van der Waals surface area contributed by atoms with E-state index in [1.54, 1.807) is 12.1 Å². The van der Waals surface area contributed by atoms with E-state index in [4.69, 9.17) is 16.0 Å². The van der Waals surface area contributed by atoms with E-state index in [1.807, 2.05) is 23.1 Å². The van der Waals surface area contributed by atoms with Gasteiger partial charge in [0.2, 0.25) is 0 Å². The Morgan fingerprint density at radius 1 is 1.16 bits per heavy atom. The number of amides is 1. The predicted octanol–water partition coefficient (Wildman–Crippen LogP) is 4.36. The number of carbonyl (C=O) groups excluding carboxylic acids is 1. The summed E-state index contributed by atoms with van der Waals surface area (Å²) in [5.74, 6) is -0.374. The SMILES string of the molecule is C#[N+][C@H]1C[C@H](C(=O)N2CCc3ccccc3[C@@H]2c2ccc(F)cc2)OC[C@@H]1OC1CCC1. The van der Waals surface area contributed by atoms with Crippen molar-refractivity contribution in [3.63, 3.8) is 0 Å². The Bertz CT molecular complexity index is 1010. The Morgan fingerprint density at radius 3 is 2.66 bits per heavy atom. The van der Waals surface area contributed by atoms with Crippen LogP contribution in [0, 0.1) is 12.4 Å². The van der Waals surface area contributed by atoms with Gasteiger partial charge in [-0.15, -0.1) is 0 Å². The second-order valence-corrected chi connectivity index (χ2v) is 8.94. The number of rotatable bonds is 4. The van der Waals surface area contributed by atoms with E-state index in [9.17, 15) is 9.18 Å². The van der Waals surface area contributed by atoms with Crippen LogP contribution in [0.4, 0.5) is 4.39 Å². The van der Waals surface area contributed by atoms with Crippen LogP contribution in [0.25, 0.3) is 4.85 Å². The summed E-state index contributed by atoms with van der Waals surface area (Å²) in [6.45, 7) is 6.58. The summed E-state index contributed by atoms with van der Waals surface area (Å²) >= 11 is 0. The van der Waals surface area contributed by atoms with Crippen LogP contribution in [0.15, 0.2) is 48.5 Å². The molecule has 32 heavy (non-hydrogen) atoms. The van der Waals surface area contributed by atoms with Gasteiger partial charge in [-0.25, -0.2) is 4.39 Å². The number of benzene rings is 2. The lowest BCUT2D eigenvalue weighted by molar-refractivity contribution is -0.163. The number of hydrogen-bond acceptors (Lipinski definition) is 3. The number of halogens is 1. The van der Waals surface area contributed by atoms with Gasteiger partial charge < -0.3 is 14.4 Å². The van der Waals surface area contributed by atoms with E-state index in [2.05, 4.69) is 10.9 Å². The minimum atomic E-state index is -0.623. The van der Waals surface area contributed by atoms with Crippen molar-refractivity contribution in [1.29, 1.82) is 0 Å². The Hall–Kier alpha value is -2.75. The molecule has 2 aliphatic heterocycles. The van der Waals surface area contributed by atoms with Gasteiger partial charge in [0.25, 0.3) is 12.5 Å². The van der Waals surface area contributed by atoms with Gasteiger partial charge in [-0.05, 0) is 54.5 Å². The summed E-state index contributed by atoms with van der Waals surface area (Å²) < 4.78 is 25.7. The zero-order valence-corrected chi connectivity index (χ0v) is 18.0. The maximum atomic E-state index is 13.7. The van der Waals surface area contributed by atoms with E-state index in [1.165, 1.54) is 24.1 Å². The molecular formula is C26H28FN2O3+. The molecule has 1 aliphatic carbocycles.